The Morgan fingerprint density at radius 2 is 2.00 bits per heavy atom. The molecule has 1 aromatic heterocycles. The molecule has 2 rings (SSSR count). The summed E-state index contributed by atoms with van der Waals surface area (Å²) in [6.07, 6.45) is 1.62. The average molecular weight is 301 g/mol. The van der Waals surface area contributed by atoms with Gasteiger partial charge in [-0.25, -0.2) is 0 Å². The standard InChI is InChI=1S/C13H23N3OS2/c1-5-13(14,6-2)12-15-11(16-17-12)10-7-18-8(3)9(4)19-10/h8-10H,5-7,14H2,1-4H3. The molecule has 108 valence electrons. The zero-order valence-corrected chi connectivity index (χ0v) is 13.7. The van der Waals surface area contributed by atoms with Crippen molar-refractivity contribution in [1.82, 2.24) is 10.1 Å². The van der Waals surface area contributed by atoms with Gasteiger partial charge < -0.3 is 10.3 Å². The number of thioether (sulfide) groups is 2. The van der Waals surface area contributed by atoms with Crippen molar-refractivity contribution >= 4 is 23.5 Å². The monoisotopic (exact) mass is 301 g/mol. The van der Waals surface area contributed by atoms with E-state index in [4.69, 9.17) is 10.3 Å². The summed E-state index contributed by atoms with van der Waals surface area (Å²) >= 11 is 3.92. The van der Waals surface area contributed by atoms with E-state index in [1.54, 1.807) is 0 Å². The second kappa shape index (κ2) is 6.06. The maximum atomic E-state index is 6.30. The van der Waals surface area contributed by atoms with Crippen LogP contribution in [0.2, 0.25) is 0 Å². The minimum absolute atomic E-state index is 0.326. The smallest absolute Gasteiger partial charge is 0.246 e. The number of rotatable bonds is 4. The largest absolute Gasteiger partial charge is 0.337 e. The molecule has 1 aromatic rings. The van der Waals surface area contributed by atoms with Gasteiger partial charge in [0.25, 0.3) is 0 Å². The molecule has 1 saturated heterocycles. The first-order valence-corrected chi connectivity index (χ1v) is 8.89. The molecule has 0 aromatic carbocycles. The molecule has 0 bridgehead atoms. The van der Waals surface area contributed by atoms with Crippen LogP contribution in [0.5, 0.6) is 0 Å². The Balaban J connectivity index is 2.13. The summed E-state index contributed by atoms with van der Waals surface area (Å²) in [5.74, 6) is 2.44. The Bertz CT molecular complexity index is 420. The Kier molecular flexibility index (Phi) is 4.84. The van der Waals surface area contributed by atoms with Gasteiger partial charge >= 0.3 is 0 Å². The van der Waals surface area contributed by atoms with Crippen LogP contribution in [0.1, 0.15) is 57.5 Å². The fourth-order valence-corrected chi connectivity index (χ4v) is 4.87. The van der Waals surface area contributed by atoms with Crippen molar-refractivity contribution in [3.8, 4) is 0 Å². The predicted octanol–water partition coefficient (Wildman–Crippen LogP) is 3.34. The Morgan fingerprint density at radius 3 is 2.58 bits per heavy atom. The van der Waals surface area contributed by atoms with E-state index < -0.39 is 5.54 Å². The van der Waals surface area contributed by atoms with E-state index in [9.17, 15) is 0 Å². The first-order valence-electron chi connectivity index (χ1n) is 6.90. The number of nitrogens with zero attached hydrogens (tertiary/aromatic N) is 2. The summed E-state index contributed by atoms with van der Waals surface area (Å²) in [5, 5.41) is 5.79. The van der Waals surface area contributed by atoms with E-state index in [0.29, 0.717) is 21.6 Å². The zero-order valence-electron chi connectivity index (χ0n) is 12.0. The molecule has 0 aliphatic carbocycles. The summed E-state index contributed by atoms with van der Waals surface area (Å²) in [4.78, 5) is 4.57. The highest BCUT2D eigenvalue weighted by Gasteiger charge is 2.34. The van der Waals surface area contributed by atoms with Crippen molar-refractivity contribution in [2.45, 2.75) is 61.8 Å². The number of hydrogen-bond acceptors (Lipinski definition) is 6. The van der Waals surface area contributed by atoms with Crippen LogP contribution in [0.4, 0.5) is 0 Å². The minimum Gasteiger partial charge on any atom is -0.337 e. The summed E-state index contributed by atoms with van der Waals surface area (Å²) in [7, 11) is 0. The van der Waals surface area contributed by atoms with E-state index in [1.165, 1.54) is 0 Å². The average Bonchev–Trinajstić information content (AvgIpc) is 2.91. The van der Waals surface area contributed by atoms with Gasteiger partial charge in [0.2, 0.25) is 5.89 Å². The van der Waals surface area contributed by atoms with Gasteiger partial charge in [-0.15, -0.1) is 11.8 Å². The normalized spacial score (nSPS) is 28.6. The van der Waals surface area contributed by atoms with Crippen LogP contribution in [0.3, 0.4) is 0 Å². The van der Waals surface area contributed by atoms with Crippen LogP contribution in [0, 0.1) is 0 Å². The molecule has 3 atom stereocenters. The van der Waals surface area contributed by atoms with Gasteiger partial charge in [0, 0.05) is 16.3 Å². The molecule has 3 unspecified atom stereocenters. The SMILES string of the molecule is CCC(N)(CC)c1nc(C2CSC(C)C(C)S2)no1. The fourth-order valence-electron chi connectivity index (χ4n) is 2.04. The van der Waals surface area contributed by atoms with Gasteiger partial charge in [0.15, 0.2) is 5.82 Å². The van der Waals surface area contributed by atoms with Crippen LogP contribution in [-0.4, -0.2) is 26.4 Å². The van der Waals surface area contributed by atoms with E-state index in [0.717, 1.165) is 24.4 Å². The zero-order chi connectivity index (χ0) is 14.0. The summed E-state index contributed by atoms with van der Waals surface area (Å²) in [5.41, 5.74) is 5.83. The molecule has 0 spiro atoms. The number of aromatic nitrogens is 2. The van der Waals surface area contributed by atoms with Crippen molar-refractivity contribution in [1.29, 1.82) is 0 Å². The molecule has 19 heavy (non-hydrogen) atoms. The first-order chi connectivity index (χ1) is 9.00. The van der Waals surface area contributed by atoms with Crippen LogP contribution >= 0.6 is 23.5 Å². The quantitative estimate of drug-likeness (QED) is 0.920. The van der Waals surface area contributed by atoms with Crippen molar-refractivity contribution in [2.75, 3.05) is 5.75 Å². The molecule has 6 heteroatoms. The Morgan fingerprint density at radius 1 is 1.32 bits per heavy atom. The highest BCUT2D eigenvalue weighted by molar-refractivity contribution is 8.07. The maximum absolute atomic E-state index is 6.30. The highest BCUT2D eigenvalue weighted by atomic mass is 32.2. The third-order valence-electron chi connectivity index (χ3n) is 3.97. The molecule has 2 N–H and O–H groups in total. The minimum atomic E-state index is -0.476. The molecule has 1 fully saturated rings. The molecule has 4 nitrogen and oxygen atoms in total. The predicted molar refractivity (Wildman–Crippen MR) is 82.5 cm³/mol. The van der Waals surface area contributed by atoms with Gasteiger partial charge in [-0.3, -0.25) is 0 Å². The maximum Gasteiger partial charge on any atom is 0.246 e. The van der Waals surface area contributed by atoms with Crippen molar-refractivity contribution in [3.05, 3.63) is 11.7 Å². The van der Waals surface area contributed by atoms with E-state index in [-0.39, 0.29) is 0 Å². The van der Waals surface area contributed by atoms with E-state index in [1.807, 2.05) is 23.5 Å². The van der Waals surface area contributed by atoms with Crippen LogP contribution in [0.15, 0.2) is 4.52 Å². The molecule has 2 heterocycles. The Labute approximate surface area is 123 Å². The molecule has 0 amide bonds. The van der Waals surface area contributed by atoms with Crippen molar-refractivity contribution in [3.63, 3.8) is 0 Å². The molecule has 1 aliphatic rings. The summed E-state index contributed by atoms with van der Waals surface area (Å²) in [6, 6.07) is 0. The number of hydrogen-bond donors (Lipinski definition) is 1. The van der Waals surface area contributed by atoms with E-state index in [2.05, 4.69) is 37.8 Å². The lowest BCUT2D eigenvalue weighted by Crippen LogP contribution is -2.35. The van der Waals surface area contributed by atoms with Crippen LogP contribution in [-0.2, 0) is 5.54 Å². The lowest BCUT2D eigenvalue weighted by Gasteiger charge is -2.29. The second-order valence-corrected chi connectivity index (χ2v) is 8.18. The summed E-state index contributed by atoms with van der Waals surface area (Å²) in [6.45, 7) is 8.66. The first kappa shape index (κ1) is 15.2. The van der Waals surface area contributed by atoms with Gasteiger partial charge in [-0.1, -0.05) is 32.9 Å². The van der Waals surface area contributed by atoms with Gasteiger partial charge in [-0.2, -0.15) is 16.7 Å². The fraction of sp³-hybridized carbons (Fsp3) is 0.846. The lowest BCUT2D eigenvalue weighted by molar-refractivity contribution is 0.267. The van der Waals surface area contributed by atoms with Crippen molar-refractivity contribution < 1.29 is 4.52 Å². The third-order valence-corrected chi connectivity index (χ3v) is 7.35. The third kappa shape index (κ3) is 3.11. The van der Waals surface area contributed by atoms with Crippen LogP contribution in [0.25, 0.3) is 0 Å². The topological polar surface area (TPSA) is 64.9 Å². The van der Waals surface area contributed by atoms with Gasteiger partial charge in [-0.05, 0) is 12.8 Å². The molecule has 0 radical (unpaired) electrons. The summed E-state index contributed by atoms with van der Waals surface area (Å²) < 4.78 is 5.42. The molecule has 0 saturated carbocycles. The van der Waals surface area contributed by atoms with Gasteiger partial charge in [0.05, 0.1) is 10.8 Å². The molecular weight excluding hydrogens is 278 g/mol. The van der Waals surface area contributed by atoms with Crippen LogP contribution < -0.4 is 5.73 Å². The molecular formula is C13H23N3OS2. The van der Waals surface area contributed by atoms with Crippen molar-refractivity contribution in [2.24, 2.45) is 5.73 Å². The molecule has 1 aliphatic heterocycles. The second-order valence-electron chi connectivity index (χ2n) is 5.19. The number of nitrogens with two attached hydrogens (primary N) is 1. The van der Waals surface area contributed by atoms with Gasteiger partial charge in [0.1, 0.15) is 0 Å². The lowest BCUT2D eigenvalue weighted by atomic mass is 9.94. The van der Waals surface area contributed by atoms with E-state index >= 15 is 0 Å². The highest BCUT2D eigenvalue weighted by Crippen LogP contribution is 2.43. The Hall–Kier alpha value is -0.200.